The first-order valence-corrected chi connectivity index (χ1v) is 6.87. The summed E-state index contributed by atoms with van der Waals surface area (Å²) in [4.78, 5) is 25.5. The van der Waals surface area contributed by atoms with Crippen LogP contribution in [0.4, 0.5) is 0 Å². The van der Waals surface area contributed by atoms with E-state index in [-0.39, 0.29) is 5.91 Å². The Labute approximate surface area is 111 Å². The Balaban J connectivity index is 2.88. The van der Waals surface area contributed by atoms with Gasteiger partial charge in [0, 0.05) is 17.5 Å². The van der Waals surface area contributed by atoms with Crippen LogP contribution in [-0.4, -0.2) is 41.2 Å². The van der Waals surface area contributed by atoms with Crippen LogP contribution in [0.1, 0.15) is 23.7 Å². The number of likely N-dealkylation sites (N-methyl/N-ethyl adjacent to an activating group) is 1. The highest BCUT2D eigenvalue weighted by molar-refractivity contribution is 7.98. The minimum Gasteiger partial charge on any atom is -0.480 e. The van der Waals surface area contributed by atoms with Crippen molar-refractivity contribution in [2.75, 3.05) is 13.3 Å². The summed E-state index contributed by atoms with van der Waals surface area (Å²) < 4.78 is 0. The largest absolute Gasteiger partial charge is 0.480 e. The third kappa shape index (κ3) is 3.26. The molecule has 1 amide bonds. The van der Waals surface area contributed by atoms with Gasteiger partial charge in [-0.25, -0.2) is 4.79 Å². The van der Waals surface area contributed by atoms with Crippen molar-refractivity contribution in [3.63, 3.8) is 0 Å². The SMILES string of the molecule is CCC(C(=O)O)N(C)C(=O)c1ccc(SC)cc1. The first-order valence-electron chi connectivity index (χ1n) is 5.65. The van der Waals surface area contributed by atoms with Gasteiger partial charge in [0.1, 0.15) is 6.04 Å². The number of carboxylic acid groups (broad SMARTS) is 1. The summed E-state index contributed by atoms with van der Waals surface area (Å²) in [6, 6.07) is 6.37. The van der Waals surface area contributed by atoms with Crippen LogP contribution in [0, 0.1) is 0 Å². The summed E-state index contributed by atoms with van der Waals surface area (Å²) in [6.45, 7) is 1.75. The molecule has 0 aliphatic rings. The molecule has 0 heterocycles. The summed E-state index contributed by atoms with van der Waals surface area (Å²) in [6.07, 6.45) is 2.35. The molecular formula is C13H17NO3S. The second-order valence-electron chi connectivity index (χ2n) is 3.91. The Bertz CT molecular complexity index is 430. The monoisotopic (exact) mass is 267 g/mol. The fourth-order valence-corrected chi connectivity index (χ4v) is 2.10. The number of rotatable bonds is 5. The summed E-state index contributed by atoms with van der Waals surface area (Å²) in [5, 5.41) is 9.02. The van der Waals surface area contributed by atoms with Crippen LogP contribution in [0.15, 0.2) is 29.2 Å². The van der Waals surface area contributed by atoms with Crippen LogP contribution in [0.5, 0.6) is 0 Å². The Morgan fingerprint density at radius 3 is 2.28 bits per heavy atom. The second kappa shape index (κ2) is 6.44. The summed E-state index contributed by atoms with van der Waals surface area (Å²) in [5.74, 6) is -1.24. The highest BCUT2D eigenvalue weighted by Gasteiger charge is 2.25. The van der Waals surface area contributed by atoms with E-state index in [1.165, 1.54) is 11.9 Å². The molecule has 1 unspecified atom stereocenters. The molecule has 1 rings (SSSR count). The summed E-state index contributed by atoms with van der Waals surface area (Å²) >= 11 is 1.59. The Hall–Kier alpha value is -1.49. The lowest BCUT2D eigenvalue weighted by molar-refractivity contribution is -0.142. The number of benzene rings is 1. The van der Waals surface area contributed by atoms with Gasteiger partial charge in [-0.05, 0) is 36.9 Å². The van der Waals surface area contributed by atoms with Crippen LogP contribution < -0.4 is 0 Å². The van der Waals surface area contributed by atoms with E-state index in [9.17, 15) is 9.59 Å². The van der Waals surface area contributed by atoms with Crippen molar-refractivity contribution >= 4 is 23.6 Å². The molecule has 0 saturated heterocycles. The number of amides is 1. The smallest absolute Gasteiger partial charge is 0.326 e. The summed E-state index contributed by atoms with van der Waals surface area (Å²) in [5.41, 5.74) is 0.509. The number of carboxylic acids is 1. The van der Waals surface area contributed by atoms with Crippen LogP contribution in [0.25, 0.3) is 0 Å². The van der Waals surface area contributed by atoms with Gasteiger partial charge >= 0.3 is 5.97 Å². The van der Waals surface area contributed by atoms with E-state index in [0.29, 0.717) is 12.0 Å². The third-order valence-electron chi connectivity index (χ3n) is 2.80. The Morgan fingerprint density at radius 1 is 1.33 bits per heavy atom. The molecule has 1 aromatic carbocycles. The average molecular weight is 267 g/mol. The van der Waals surface area contributed by atoms with Gasteiger partial charge in [-0.2, -0.15) is 0 Å². The number of hydrogen-bond donors (Lipinski definition) is 1. The predicted molar refractivity (Wildman–Crippen MR) is 72.0 cm³/mol. The minimum atomic E-state index is -0.978. The van der Waals surface area contributed by atoms with E-state index in [4.69, 9.17) is 5.11 Å². The van der Waals surface area contributed by atoms with Crippen LogP contribution >= 0.6 is 11.8 Å². The second-order valence-corrected chi connectivity index (χ2v) is 4.79. The first kappa shape index (κ1) is 14.6. The molecule has 0 bridgehead atoms. The molecule has 0 saturated carbocycles. The van der Waals surface area contributed by atoms with E-state index in [1.807, 2.05) is 18.4 Å². The van der Waals surface area contributed by atoms with Crippen LogP contribution in [-0.2, 0) is 4.79 Å². The highest BCUT2D eigenvalue weighted by atomic mass is 32.2. The van der Waals surface area contributed by atoms with Crippen LogP contribution in [0.3, 0.4) is 0 Å². The summed E-state index contributed by atoms with van der Waals surface area (Å²) in [7, 11) is 1.52. The van der Waals surface area contributed by atoms with Crippen molar-refractivity contribution in [1.82, 2.24) is 4.90 Å². The Morgan fingerprint density at radius 2 is 1.89 bits per heavy atom. The van der Waals surface area contributed by atoms with Crippen molar-refractivity contribution in [1.29, 1.82) is 0 Å². The number of thioether (sulfide) groups is 1. The third-order valence-corrected chi connectivity index (χ3v) is 3.54. The lowest BCUT2D eigenvalue weighted by Gasteiger charge is -2.23. The topological polar surface area (TPSA) is 57.6 Å². The number of carbonyl (C=O) groups is 2. The van der Waals surface area contributed by atoms with Gasteiger partial charge < -0.3 is 10.0 Å². The van der Waals surface area contributed by atoms with Crippen molar-refractivity contribution < 1.29 is 14.7 Å². The molecule has 0 spiro atoms. The van der Waals surface area contributed by atoms with Crippen molar-refractivity contribution in [3.8, 4) is 0 Å². The fraction of sp³-hybridized carbons (Fsp3) is 0.385. The number of carbonyl (C=O) groups excluding carboxylic acids is 1. The van der Waals surface area contributed by atoms with E-state index in [1.54, 1.807) is 30.8 Å². The molecule has 18 heavy (non-hydrogen) atoms. The molecule has 1 aromatic rings. The molecular weight excluding hydrogens is 250 g/mol. The van der Waals surface area contributed by atoms with Gasteiger partial charge in [-0.15, -0.1) is 11.8 Å². The maximum absolute atomic E-state index is 12.1. The van der Waals surface area contributed by atoms with Crippen molar-refractivity contribution in [2.45, 2.75) is 24.3 Å². The molecule has 1 atom stereocenters. The van der Waals surface area contributed by atoms with E-state index < -0.39 is 12.0 Å². The van der Waals surface area contributed by atoms with Gasteiger partial charge in [-0.1, -0.05) is 6.92 Å². The molecule has 0 aromatic heterocycles. The lowest BCUT2D eigenvalue weighted by Crippen LogP contribution is -2.41. The zero-order chi connectivity index (χ0) is 13.7. The normalized spacial score (nSPS) is 11.9. The minimum absolute atomic E-state index is 0.267. The number of hydrogen-bond acceptors (Lipinski definition) is 3. The van der Waals surface area contributed by atoms with Crippen LogP contribution in [0.2, 0.25) is 0 Å². The maximum atomic E-state index is 12.1. The molecule has 0 fully saturated rings. The van der Waals surface area contributed by atoms with Gasteiger partial charge in [0.05, 0.1) is 0 Å². The van der Waals surface area contributed by atoms with E-state index >= 15 is 0 Å². The number of aliphatic carboxylic acids is 1. The van der Waals surface area contributed by atoms with E-state index in [2.05, 4.69) is 0 Å². The molecule has 0 aliphatic carbocycles. The molecule has 98 valence electrons. The molecule has 4 nitrogen and oxygen atoms in total. The molecule has 5 heteroatoms. The van der Waals surface area contributed by atoms with Gasteiger partial charge in [0.2, 0.25) is 0 Å². The first-order chi connectivity index (χ1) is 8.51. The van der Waals surface area contributed by atoms with E-state index in [0.717, 1.165) is 4.90 Å². The molecule has 0 radical (unpaired) electrons. The predicted octanol–water partition coefficient (Wildman–Crippen LogP) is 2.34. The zero-order valence-electron chi connectivity index (χ0n) is 10.7. The Kier molecular flexibility index (Phi) is 5.22. The standard InChI is InChI=1S/C13H17NO3S/c1-4-11(13(16)17)14(2)12(15)9-5-7-10(18-3)8-6-9/h5-8,11H,4H2,1-3H3,(H,16,17). The van der Waals surface area contributed by atoms with Crippen molar-refractivity contribution in [3.05, 3.63) is 29.8 Å². The van der Waals surface area contributed by atoms with Gasteiger partial charge in [0.15, 0.2) is 0 Å². The fourth-order valence-electron chi connectivity index (χ4n) is 1.69. The van der Waals surface area contributed by atoms with Crippen molar-refractivity contribution in [2.24, 2.45) is 0 Å². The average Bonchev–Trinajstić information content (AvgIpc) is 2.38. The van der Waals surface area contributed by atoms with Gasteiger partial charge in [-0.3, -0.25) is 4.79 Å². The lowest BCUT2D eigenvalue weighted by atomic mass is 10.1. The maximum Gasteiger partial charge on any atom is 0.326 e. The molecule has 1 N–H and O–H groups in total. The zero-order valence-corrected chi connectivity index (χ0v) is 11.5. The van der Waals surface area contributed by atoms with Gasteiger partial charge in [0.25, 0.3) is 5.91 Å². The molecule has 0 aliphatic heterocycles. The highest BCUT2D eigenvalue weighted by Crippen LogP contribution is 2.16. The quantitative estimate of drug-likeness (QED) is 0.832. The number of nitrogens with zero attached hydrogens (tertiary/aromatic N) is 1.